The maximum atomic E-state index is 12.4. The monoisotopic (exact) mass is 399 g/mol. The number of aliphatic carboxylic acids is 3. The number of hydrogen-bond acceptors (Lipinski definition) is 8. The van der Waals surface area contributed by atoms with Gasteiger partial charge in [0.05, 0.1) is 12.5 Å². The summed E-state index contributed by atoms with van der Waals surface area (Å²) in [6, 6.07) is -3.70. The molecule has 0 radical (unpaired) electrons. The number of urea groups is 1. The Labute approximate surface area is 158 Å². The summed E-state index contributed by atoms with van der Waals surface area (Å²) in [6.45, 7) is 0.290. The summed E-state index contributed by atoms with van der Waals surface area (Å²) in [4.78, 5) is 50.4. The number of carbonyl (C=O) groups is 4. The first-order chi connectivity index (χ1) is 13.2. The Bertz CT molecular complexity index is 751. The van der Waals surface area contributed by atoms with E-state index in [1.807, 2.05) is 0 Å². The van der Waals surface area contributed by atoms with Crippen LogP contribution in [0.4, 0.5) is 4.79 Å². The first-order valence-corrected chi connectivity index (χ1v) is 8.51. The first kappa shape index (κ1) is 21.1. The van der Waals surface area contributed by atoms with Crippen molar-refractivity contribution in [3.63, 3.8) is 0 Å². The molecule has 154 valence electrons. The third kappa shape index (κ3) is 5.39. The molecule has 6 N–H and O–H groups in total. The number of carbonyl (C=O) groups excluding carboxylic acids is 1. The molecule has 13 nitrogen and oxygen atoms in total. The molecule has 2 heterocycles. The van der Waals surface area contributed by atoms with E-state index in [9.17, 15) is 19.2 Å². The highest BCUT2D eigenvalue weighted by Crippen LogP contribution is 2.31. The number of carboxylic acids is 3. The van der Waals surface area contributed by atoms with Crippen LogP contribution in [0.15, 0.2) is 4.52 Å². The maximum absolute atomic E-state index is 12.4. The second-order valence-corrected chi connectivity index (χ2v) is 6.32. The molecule has 1 fully saturated rings. The molecule has 0 unspecified atom stereocenters. The van der Waals surface area contributed by atoms with Gasteiger partial charge < -0.3 is 35.8 Å². The fourth-order valence-corrected chi connectivity index (χ4v) is 2.81. The summed E-state index contributed by atoms with van der Waals surface area (Å²) in [5.74, 6) is -3.62. The van der Waals surface area contributed by atoms with E-state index in [4.69, 9.17) is 25.6 Å². The van der Waals surface area contributed by atoms with Crippen LogP contribution < -0.4 is 11.1 Å². The third-order valence-electron chi connectivity index (χ3n) is 4.23. The average Bonchev–Trinajstić information content (AvgIpc) is 3.27. The molecule has 1 aromatic rings. The van der Waals surface area contributed by atoms with Crippen LogP contribution in [0.3, 0.4) is 0 Å². The SMILES string of the molecule is N[C@@H](CCC(=O)O)c1noc([C@@H]2CCCN2C(=O)N[C@@H](CC(=O)O)C(=O)O)n1. The number of hydrogen-bond donors (Lipinski definition) is 5. The van der Waals surface area contributed by atoms with E-state index >= 15 is 0 Å². The van der Waals surface area contributed by atoms with Crippen molar-refractivity contribution in [2.75, 3.05) is 6.54 Å². The van der Waals surface area contributed by atoms with Gasteiger partial charge in [-0.1, -0.05) is 5.16 Å². The Morgan fingerprint density at radius 1 is 1.25 bits per heavy atom. The van der Waals surface area contributed by atoms with E-state index in [0.29, 0.717) is 19.4 Å². The van der Waals surface area contributed by atoms with Gasteiger partial charge in [0.15, 0.2) is 5.82 Å². The third-order valence-corrected chi connectivity index (χ3v) is 4.23. The van der Waals surface area contributed by atoms with Gasteiger partial charge in [0.1, 0.15) is 12.1 Å². The minimum Gasteiger partial charge on any atom is -0.481 e. The van der Waals surface area contributed by atoms with Gasteiger partial charge in [-0.3, -0.25) is 9.59 Å². The highest BCUT2D eigenvalue weighted by atomic mass is 16.5. The molecule has 0 bridgehead atoms. The number of nitrogens with two attached hydrogens (primary N) is 1. The van der Waals surface area contributed by atoms with Gasteiger partial charge in [-0.15, -0.1) is 0 Å². The largest absolute Gasteiger partial charge is 0.481 e. The molecule has 2 amide bonds. The van der Waals surface area contributed by atoms with Crippen LogP contribution in [0.1, 0.15) is 55.9 Å². The quantitative estimate of drug-likeness (QED) is 0.364. The highest BCUT2D eigenvalue weighted by molar-refractivity contribution is 5.86. The molecule has 3 atom stereocenters. The fourth-order valence-electron chi connectivity index (χ4n) is 2.81. The molecule has 0 aliphatic carbocycles. The van der Waals surface area contributed by atoms with E-state index in [0.717, 1.165) is 0 Å². The number of likely N-dealkylation sites (tertiary alicyclic amines) is 1. The normalized spacial score (nSPS) is 18.5. The first-order valence-electron chi connectivity index (χ1n) is 8.51. The van der Waals surface area contributed by atoms with Crippen molar-refractivity contribution < 1.29 is 39.0 Å². The number of carboxylic acid groups (broad SMARTS) is 3. The van der Waals surface area contributed by atoms with Crippen LogP contribution in [-0.4, -0.2) is 66.9 Å². The van der Waals surface area contributed by atoms with Gasteiger partial charge in [-0.2, -0.15) is 4.98 Å². The topological polar surface area (TPSA) is 209 Å². The summed E-state index contributed by atoms with van der Waals surface area (Å²) in [7, 11) is 0. The lowest BCUT2D eigenvalue weighted by Crippen LogP contribution is -2.48. The van der Waals surface area contributed by atoms with E-state index in [2.05, 4.69) is 15.5 Å². The van der Waals surface area contributed by atoms with E-state index in [-0.39, 0.29) is 24.6 Å². The molecular formula is C15H21N5O8. The Morgan fingerprint density at radius 2 is 1.96 bits per heavy atom. The second kappa shape index (κ2) is 9.12. The number of nitrogens with zero attached hydrogens (tertiary/aromatic N) is 3. The molecule has 0 spiro atoms. The molecule has 1 aliphatic heterocycles. The van der Waals surface area contributed by atoms with Crippen molar-refractivity contribution in [2.45, 2.75) is 50.2 Å². The standard InChI is InChI=1S/C15H21N5O8/c16-7(3-4-10(21)22)12-18-13(28-19-12)9-2-1-5-20(9)15(27)17-8(14(25)26)6-11(23)24/h7-9H,1-6,16H2,(H,17,27)(H,21,22)(H,23,24)(H,25,26)/t7-,8-,9-/m0/s1. The number of nitrogens with one attached hydrogen (secondary N) is 1. The number of aromatic nitrogens is 2. The smallest absolute Gasteiger partial charge is 0.326 e. The highest BCUT2D eigenvalue weighted by Gasteiger charge is 2.36. The van der Waals surface area contributed by atoms with Gasteiger partial charge in [-0.25, -0.2) is 9.59 Å². The van der Waals surface area contributed by atoms with E-state index < -0.39 is 48.5 Å². The van der Waals surface area contributed by atoms with Crippen LogP contribution in [-0.2, 0) is 14.4 Å². The number of rotatable bonds is 9. The zero-order chi connectivity index (χ0) is 20.8. The van der Waals surface area contributed by atoms with Crippen molar-refractivity contribution >= 4 is 23.9 Å². The van der Waals surface area contributed by atoms with Crippen molar-refractivity contribution in [1.82, 2.24) is 20.4 Å². The van der Waals surface area contributed by atoms with Crippen LogP contribution in [0.5, 0.6) is 0 Å². The average molecular weight is 399 g/mol. The van der Waals surface area contributed by atoms with Gasteiger partial charge in [0.2, 0.25) is 5.89 Å². The molecule has 1 aliphatic rings. The lowest BCUT2D eigenvalue weighted by molar-refractivity contribution is -0.145. The van der Waals surface area contributed by atoms with Crippen molar-refractivity contribution in [1.29, 1.82) is 0 Å². The maximum Gasteiger partial charge on any atom is 0.326 e. The molecule has 28 heavy (non-hydrogen) atoms. The summed E-state index contributed by atoms with van der Waals surface area (Å²) >= 11 is 0. The predicted molar refractivity (Wildman–Crippen MR) is 89.0 cm³/mol. The fraction of sp³-hybridized carbons (Fsp3) is 0.600. The van der Waals surface area contributed by atoms with Crippen LogP contribution in [0.25, 0.3) is 0 Å². The van der Waals surface area contributed by atoms with Crippen molar-refractivity contribution in [3.8, 4) is 0 Å². The van der Waals surface area contributed by atoms with Crippen LogP contribution in [0, 0.1) is 0 Å². The lowest BCUT2D eigenvalue weighted by Gasteiger charge is -2.24. The zero-order valence-corrected chi connectivity index (χ0v) is 14.8. The Morgan fingerprint density at radius 3 is 2.57 bits per heavy atom. The zero-order valence-electron chi connectivity index (χ0n) is 14.8. The van der Waals surface area contributed by atoms with Crippen molar-refractivity contribution in [2.24, 2.45) is 5.73 Å². The predicted octanol–water partition coefficient (Wildman–Crippen LogP) is -0.291. The van der Waals surface area contributed by atoms with Gasteiger partial charge in [0, 0.05) is 13.0 Å². The Hall–Kier alpha value is -3.22. The minimum atomic E-state index is -1.58. The molecule has 13 heteroatoms. The van der Waals surface area contributed by atoms with Crippen LogP contribution >= 0.6 is 0 Å². The Kier molecular flexibility index (Phi) is 6.87. The molecule has 1 saturated heterocycles. The number of amides is 2. The minimum absolute atomic E-state index is 0.0959. The summed E-state index contributed by atoms with van der Waals surface area (Å²) in [5.41, 5.74) is 5.83. The molecule has 0 saturated carbocycles. The lowest BCUT2D eigenvalue weighted by atomic mass is 10.1. The van der Waals surface area contributed by atoms with E-state index in [1.54, 1.807) is 0 Å². The molecule has 0 aromatic carbocycles. The summed E-state index contributed by atoms with van der Waals surface area (Å²) < 4.78 is 5.15. The second-order valence-electron chi connectivity index (χ2n) is 6.32. The van der Waals surface area contributed by atoms with E-state index in [1.165, 1.54) is 4.90 Å². The van der Waals surface area contributed by atoms with Gasteiger partial charge >= 0.3 is 23.9 Å². The van der Waals surface area contributed by atoms with Crippen LogP contribution in [0.2, 0.25) is 0 Å². The van der Waals surface area contributed by atoms with Gasteiger partial charge in [-0.05, 0) is 19.3 Å². The Balaban J connectivity index is 2.05. The molecule has 1 aromatic heterocycles. The molecule has 2 rings (SSSR count). The van der Waals surface area contributed by atoms with Crippen molar-refractivity contribution in [3.05, 3.63) is 11.7 Å². The van der Waals surface area contributed by atoms with Gasteiger partial charge in [0.25, 0.3) is 0 Å². The summed E-state index contributed by atoms with van der Waals surface area (Å²) in [6.07, 6.45) is 0.262. The summed E-state index contributed by atoms with van der Waals surface area (Å²) in [5, 5.41) is 32.4. The molecular weight excluding hydrogens is 378 g/mol.